The molecule has 2 aromatic heterocycles. The average molecular weight is 415 g/mol. The van der Waals surface area contributed by atoms with Crippen LogP contribution in [0.4, 0.5) is 11.5 Å². The molecule has 0 amide bonds. The van der Waals surface area contributed by atoms with E-state index < -0.39 is 0 Å². The number of benzene rings is 3. The minimum Gasteiger partial charge on any atom is -0.327 e. The van der Waals surface area contributed by atoms with Crippen LogP contribution in [-0.2, 0) is 12.8 Å². The molecule has 32 heavy (non-hydrogen) atoms. The summed E-state index contributed by atoms with van der Waals surface area (Å²) in [6, 6.07) is 29.8. The summed E-state index contributed by atoms with van der Waals surface area (Å²) in [7, 11) is 0. The summed E-state index contributed by atoms with van der Waals surface area (Å²) in [6.45, 7) is 2.98. The van der Waals surface area contributed by atoms with Crippen molar-refractivity contribution >= 4 is 28.2 Å². The van der Waals surface area contributed by atoms with Crippen molar-refractivity contribution in [2.75, 3.05) is 11.4 Å². The molecule has 0 fully saturated rings. The molecule has 0 unspecified atom stereocenters. The summed E-state index contributed by atoms with van der Waals surface area (Å²) < 4.78 is 2.21. The zero-order valence-electron chi connectivity index (χ0n) is 17.9. The zero-order chi connectivity index (χ0) is 21.7. The quantitative estimate of drug-likeness (QED) is 0.366. The minimum absolute atomic E-state index is 0.656. The van der Waals surface area contributed by atoms with E-state index in [0.717, 1.165) is 47.4 Å². The third-order valence-electron chi connectivity index (χ3n) is 6.57. The second-order valence-corrected chi connectivity index (χ2v) is 8.37. The molecule has 4 nitrogen and oxygen atoms in total. The topological polar surface area (TPSA) is 44.3 Å². The number of fused-ring (bicyclic) bond motifs is 4. The molecule has 0 N–H and O–H groups in total. The number of imidazole rings is 1. The molecular formula is C28H22N4. The molecule has 0 bridgehead atoms. The molecule has 0 atom stereocenters. The van der Waals surface area contributed by atoms with Crippen molar-refractivity contribution in [3.63, 3.8) is 0 Å². The van der Waals surface area contributed by atoms with Gasteiger partial charge < -0.3 is 4.90 Å². The second-order valence-electron chi connectivity index (χ2n) is 8.37. The molecule has 3 aromatic carbocycles. The first-order valence-electron chi connectivity index (χ1n) is 11.0. The van der Waals surface area contributed by atoms with Gasteiger partial charge in [-0.25, -0.2) is 4.98 Å². The van der Waals surface area contributed by atoms with Crippen molar-refractivity contribution in [3.05, 3.63) is 107 Å². The summed E-state index contributed by atoms with van der Waals surface area (Å²) in [4.78, 5) is 7.32. The van der Waals surface area contributed by atoms with Gasteiger partial charge in [-0.05, 0) is 48.2 Å². The number of hydrogen-bond acceptors (Lipinski definition) is 3. The Balaban J connectivity index is 1.74. The maximum atomic E-state index is 10.1. The lowest BCUT2D eigenvalue weighted by atomic mass is 9.97. The first-order valence-corrected chi connectivity index (χ1v) is 11.0. The van der Waals surface area contributed by atoms with Crippen LogP contribution in [0.1, 0.15) is 27.8 Å². The van der Waals surface area contributed by atoms with Gasteiger partial charge in [0, 0.05) is 24.2 Å². The number of aromatic nitrogens is 2. The normalized spacial score (nSPS) is 12.9. The largest absolute Gasteiger partial charge is 0.327 e. The highest BCUT2D eigenvalue weighted by molar-refractivity contribution is 5.88. The Bertz CT molecular complexity index is 1520. The predicted octanol–water partition coefficient (Wildman–Crippen LogP) is 5.95. The van der Waals surface area contributed by atoms with Gasteiger partial charge in [0.1, 0.15) is 11.9 Å². The molecule has 4 heteroatoms. The average Bonchev–Trinajstić information content (AvgIpc) is 3.42. The van der Waals surface area contributed by atoms with Gasteiger partial charge in [-0.2, -0.15) is 5.26 Å². The third-order valence-corrected chi connectivity index (χ3v) is 6.57. The minimum atomic E-state index is 0.656. The van der Waals surface area contributed by atoms with E-state index >= 15 is 0 Å². The Morgan fingerprint density at radius 1 is 0.938 bits per heavy atom. The third kappa shape index (κ3) is 2.72. The van der Waals surface area contributed by atoms with Gasteiger partial charge in [-0.3, -0.25) is 4.40 Å². The number of hydrogen-bond donors (Lipinski definition) is 0. The Labute approximate surface area is 187 Å². The highest BCUT2D eigenvalue weighted by Crippen LogP contribution is 2.41. The summed E-state index contributed by atoms with van der Waals surface area (Å²) in [5, 5.41) is 10.1. The first kappa shape index (κ1) is 18.7. The van der Waals surface area contributed by atoms with Gasteiger partial charge in [0.25, 0.3) is 0 Å². The molecule has 3 heterocycles. The smallest absolute Gasteiger partial charge is 0.157 e. The van der Waals surface area contributed by atoms with E-state index in [4.69, 9.17) is 4.98 Å². The van der Waals surface area contributed by atoms with E-state index in [1.54, 1.807) is 0 Å². The van der Waals surface area contributed by atoms with Crippen LogP contribution in [0.5, 0.6) is 0 Å². The van der Waals surface area contributed by atoms with Gasteiger partial charge >= 0.3 is 0 Å². The van der Waals surface area contributed by atoms with Crippen LogP contribution in [-0.4, -0.2) is 15.9 Å². The van der Waals surface area contributed by atoms with Crippen molar-refractivity contribution in [1.29, 1.82) is 5.26 Å². The summed E-state index contributed by atoms with van der Waals surface area (Å²) in [5.74, 6) is 1.12. The zero-order valence-corrected chi connectivity index (χ0v) is 17.9. The van der Waals surface area contributed by atoms with E-state index in [0.29, 0.717) is 5.56 Å². The SMILES string of the molecule is Cc1c(Cc2ccccc2)c(N2CCc3ccccc32)n2c(nc3ccccc32)c1C#N. The van der Waals surface area contributed by atoms with Crippen molar-refractivity contribution in [3.8, 4) is 6.07 Å². The molecule has 0 saturated carbocycles. The number of rotatable bonds is 3. The molecule has 1 aliphatic rings. The van der Waals surface area contributed by atoms with Crippen molar-refractivity contribution in [2.45, 2.75) is 19.8 Å². The van der Waals surface area contributed by atoms with Crippen LogP contribution >= 0.6 is 0 Å². The van der Waals surface area contributed by atoms with E-state index in [2.05, 4.69) is 76.9 Å². The monoisotopic (exact) mass is 414 g/mol. The van der Waals surface area contributed by atoms with Crippen LogP contribution in [0, 0.1) is 18.3 Å². The Kier molecular flexibility index (Phi) is 4.22. The van der Waals surface area contributed by atoms with Crippen LogP contribution in [0.3, 0.4) is 0 Å². The molecule has 0 saturated heterocycles. The molecule has 0 spiro atoms. The fraction of sp³-hybridized carbons (Fsp3) is 0.143. The molecule has 6 rings (SSSR count). The predicted molar refractivity (Wildman–Crippen MR) is 129 cm³/mol. The van der Waals surface area contributed by atoms with E-state index in [1.165, 1.54) is 22.4 Å². The standard InChI is InChI=1S/C28H22N4/c1-19-22(17-20-9-3-2-4-10-20)28(31-16-15-21-11-5-7-13-25(21)31)32-26-14-8-6-12-24(26)30-27(32)23(19)18-29/h2-14H,15-17H2,1H3. The lowest BCUT2D eigenvalue weighted by molar-refractivity contribution is 0.938. The van der Waals surface area contributed by atoms with Gasteiger partial charge in [0.2, 0.25) is 0 Å². The molecular weight excluding hydrogens is 392 g/mol. The fourth-order valence-corrected chi connectivity index (χ4v) is 5.02. The number of anilines is 2. The Morgan fingerprint density at radius 2 is 1.69 bits per heavy atom. The number of nitriles is 1. The lowest BCUT2D eigenvalue weighted by Gasteiger charge is -2.26. The van der Waals surface area contributed by atoms with Crippen LogP contribution in [0.2, 0.25) is 0 Å². The highest BCUT2D eigenvalue weighted by Gasteiger charge is 2.28. The summed E-state index contributed by atoms with van der Waals surface area (Å²) >= 11 is 0. The molecule has 5 aromatic rings. The Morgan fingerprint density at radius 3 is 2.53 bits per heavy atom. The maximum absolute atomic E-state index is 10.1. The molecule has 154 valence electrons. The fourth-order valence-electron chi connectivity index (χ4n) is 5.02. The number of para-hydroxylation sites is 3. The van der Waals surface area contributed by atoms with Gasteiger partial charge in [0.15, 0.2) is 5.65 Å². The second kappa shape index (κ2) is 7.25. The summed E-state index contributed by atoms with van der Waals surface area (Å²) in [5.41, 5.74) is 9.37. The van der Waals surface area contributed by atoms with Gasteiger partial charge in [-0.15, -0.1) is 0 Å². The number of nitrogens with zero attached hydrogens (tertiary/aromatic N) is 4. The molecule has 0 aliphatic carbocycles. The van der Waals surface area contributed by atoms with Gasteiger partial charge in [-0.1, -0.05) is 60.7 Å². The first-order chi connectivity index (χ1) is 15.8. The van der Waals surface area contributed by atoms with Crippen LogP contribution in [0.15, 0.2) is 78.9 Å². The Hall–Kier alpha value is -4.10. The van der Waals surface area contributed by atoms with Crippen LogP contribution in [0.25, 0.3) is 16.7 Å². The van der Waals surface area contributed by atoms with E-state index in [1.807, 2.05) is 24.3 Å². The van der Waals surface area contributed by atoms with E-state index in [9.17, 15) is 5.26 Å². The molecule has 1 aliphatic heterocycles. The van der Waals surface area contributed by atoms with Gasteiger partial charge in [0.05, 0.1) is 16.6 Å². The van der Waals surface area contributed by atoms with Crippen molar-refractivity contribution < 1.29 is 0 Å². The number of pyridine rings is 1. The van der Waals surface area contributed by atoms with E-state index in [-0.39, 0.29) is 0 Å². The molecule has 0 radical (unpaired) electrons. The van der Waals surface area contributed by atoms with Crippen molar-refractivity contribution in [1.82, 2.24) is 9.38 Å². The lowest BCUT2D eigenvalue weighted by Crippen LogP contribution is -2.20. The highest BCUT2D eigenvalue weighted by atomic mass is 15.3. The maximum Gasteiger partial charge on any atom is 0.157 e. The van der Waals surface area contributed by atoms with Crippen LogP contribution < -0.4 is 4.90 Å². The van der Waals surface area contributed by atoms with Crippen molar-refractivity contribution in [2.24, 2.45) is 0 Å². The summed E-state index contributed by atoms with van der Waals surface area (Å²) in [6.07, 6.45) is 1.77.